The molecule has 2 aromatic carbocycles. The normalized spacial score (nSPS) is 10.0. The topological polar surface area (TPSA) is 86.1 Å². The van der Waals surface area contributed by atoms with E-state index in [-0.39, 0.29) is 11.6 Å². The molecule has 0 fully saturated rings. The van der Waals surface area contributed by atoms with E-state index in [2.05, 4.69) is 10.3 Å². The van der Waals surface area contributed by atoms with E-state index in [4.69, 9.17) is 5.26 Å². The minimum absolute atomic E-state index is 0.126. The molecule has 0 bridgehead atoms. The Bertz CT molecular complexity index is 1040. The van der Waals surface area contributed by atoms with Gasteiger partial charge in [0.2, 0.25) is 0 Å². The van der Waals surface area contributed by atoms with Gasteiger partial charge in [0, 0.05) is 31.0 Å². The van der Waals surface area contributed by atoms with Crippen molar-refractivity contribution in [1.82, 2.24) is 9.88 Å². The van der Waals surface area contributed by atoms with Gasteiger partial charge in [0.05, 0.1) is 11.6 Å². The van der Waals surface area contributed by atoms with E-state index in [1.54, 1.807) is 42.3 Å². The van der Waals surface area contributed by atoms with Crippen LogP contribution in [0.15, 0.2) is 72.9 Å². The number of hydrogen-bond acceptors (Lipinski definition) is 4. The van der Waals surface area contributed by atoms with Crippen LogP contribution in [-0.2, 0) is 6.54 Å². The quantitative estimate of drug-likeness (QED) is 0.745. The summed E-state index contributed by atoms with van der Waals surface area (Å²) < 4.78 is 0. The lowest BCUT2D eigenvalue weighted by atomic mass is 10.1. The van der Waals surface area contributed by atoms with E-state index < -0.39 is 5.91 Å². The third-order valence-electron chi connectivity index (χ3n) is 4.10. The Labute approximate surface area is 163 Å². The number of hydrogen-bond donors (Lipinski definition) is 1. The van der Waals surface area contributed by atoms with E-state index in [1.165, 1.54) is 12.3 Å². The molecule has 0 spiro atoms. The Morgan fingerprint density at radius 1 is 1.07 bits per heavy atom. The predicted octanol–water partition coefficient (Wildman–Crippen LogP) is 3.48. The molecule has 6 heteroatoms. The van der Waals surface area contributed by atoms with Crippen molar-refractivity contribution in [1.29, 1.82) is 5.26 Å². The molecular weight excluding hydrogens is 352 g/mol. The number of aromatic nitrogens is 1. The number of pyridine rings is 1. The van der Waals surface area contributed by atoms with Crippen molar-refractivity contribution in [3.63, 3.8) is 0 Å². The second-order valence-corrected chi connectivity index (χ2v) is 6.22. The minimum atomic E-state index is -0.449. The first-order valence-electron chi connectivity index (χ1n) is 8.64. The monoisotopic (exact) mass is 370 g/mol. The second kappa shape index (κ2) is 8.60. The number of nitrogens with one attached hydrogen (secondary N) is 1. The first-order valence-corrected chi connectivity index (χ1v) is 8.64. The zero-order valence-electron chi connectivity index (χ0n) is 15.3. The number of nitrogens with zero attached hydrogens (tertiary/aromatic N) is 3. The van der Waals surface area contributed by atoms with Crippen LogP contribution in [0.5, 0.6) is 0 Å². The maximum absolute atomic E-state index is 12.7. The van der Waals surface area contributed by atoms with Crippen LogP contribution in [-0.4, -0.2) is 28.7 Å². The number of nitriles is 1. The van der Waals surface area contributed by atoms with Crippen LogP contribution in [0.2, 0.25) is 0 Å². The van der Waals surface area contributed by atoms with Crippen LogP contribution in [0, 0.1) is 11.3 Å². The van der Waals surface area contributed by atoms with Crippen molar-refractivity contribution in [2.24, 2.45) is 0 Å². The Morgan fingerprint density at radius 2 is 1.86 bits per heavy atom. The standard InChI is InChI=1S/C22H18N4O2/c1-26(15-16-6-3-2-4-7-16)22(28)18-10-11-24-20(13-18)21(27)25-19-9-5-8-17(12-19)14-23/h2-13H,15H2,1H3,(H,25,27). The van der Waals surface area contributed by atoms with E-state index in [9.17, 15) is 9.59 Å². The van der Waals surface area contributed by atoms with E-state index >= 15 is 0 Å². The molecular formula is C22H18N4O2. The van der Waals surface area contributed by atoms with Gasteiger partial charge < -0.3 is 10.2 Å². The molecule has 0 radical (unpaired) electrons. The van der Waals surface area contributed by atoms with E-state index in [0.717, 1.165) is 5.56 Å². The van der Waals surface area contributed by atoms with Gasteiger partial charge in [-0.25, -0.2) is 0 Å². The molecule has 0 saturated heterocycles. The summed E-state index contributed by atoms with van der Waals surface area (Å²) in [4.78, 5) is 30.8. The zero-order valence-corrected chi connectivity index (χ0v) is 15.3. The molecule has 6 nitrogen and oxygen atoms in total. The highest BCUT2D eigenvalue weighted by atomic mass is 16.2. The number of benzene rings is 2. The van der Waals surface area contributed by atoms with Crippen LogP contribution in [0.1, 0.15) is 32.0 Å². The van der Waals surface area contributed by atoms with Crippen LogP contribution < -0.4 is 5.32 Å². The molecule has 28 heavy (non-hydrogen) atoms. The second-order valence-electron chi connectivity index (χ2n) is 6.22. The summed E-state index contributed by atoms with van der Waals surface area (Å²) in [6.07, 6.45) is 1.43. The van der Waals surface area contributed by atoms with Crippen LogP contribution in [0.25, 0.3) is 0 Å². The average molecular weight is 370 g/mol. The van der Waals surface area contributed by atoms with Crippen LogP contribution >= 0.6 is 0 Å². The van der Waals surface area contributed by atoms with Crippen LogP contribution in [0.4, 0.5) is 5.69 Å². The van der Waals surface area contributed by atoms with Gasteiger partial charge >= 0.3 is 0 Å². The molecule has 3 aromatic rings. The van der Waals surface area contributed by atoms with Crippen LogP contribution in [0.3, 0.4) is 0 Å². The van der Waals surface area contributed by atoms with E-state index in [0.29, 0.717) is 23.4 Å². The number of rotatable bonds is 5. The summed E-state index contributed by atoms with van der Waals surface area (Å²) in [6, 6.07) is 21.3. The molecule has 0 unspecified atom stereocenters. The number of carbonyl (C=O) groups excluding carboxylic acids is 2. The third kappa shape index (κ3) is 4.59. The van der Waals surface area contributed by atoms with Crippen molar-refractivity contribution in [3.8, 4) is 6.07 Å². The zero-order chi connectivity index (χ0) is 19.9. The summed E-state index contributed by atoms with van der Waals surface area (Å²) in [6.45, 7) is 0.463. The number of amides is 2. The maximum atomic E-state index is 12.7. The molecule has 1 aromatic heterocycles. The van der Waals surface area contributed by atoms with Gasteiger partial charge in [-0.15, -0.1) is 0 Å². The largest absolute Gasteiger partial charge is 0.337 e. The highest BCUT2D eigenvalue weighted by Crippen LogP contribution is 2.13. The van der Waals surface area contributed by atoms with Crippen molar-refractivity contribution < 1.29 is 9.59 Å². The van der Waals surface area contributed by atoms with Gasteiger partial charge in [0.1, 0.15) is 5.69 Å². The fourth-order valence-electron chi connectivity index (χ4n) is 2.70. The summed E-state index contributed by atoms with van der Waals surface area (Å²) in [7, 11) is 1.71. The lowest BCUT2D eigenvalue weighted by molar-refractivity contribution is 0.0785. The van der Waals surface area contributed by atoms with Gasteiger partial charge in [0.25, 0.3) is 11.8 Å². The number of carbonyl (C=O) groups is 2. The Hall–Kier alpha value is -3.98. The summed E-state index contributed by atoms with van der Waals surface area (Å²) in [5.74, 6) is -0.651. The highest BCUT2D eigenvalue weighted by Gasteiger charge is 2.15. The molecule has 0 aliphatic rings. The smallest absolute Gasteiger partial charge is 0.274 e. The average Bonchev–Trinajstić information content (AvgIpc) is 2.74. The number of anilines is 1. The summed E-state index contributed by atoms with van der Waals surface area (Å²) in [5, 5.41) is 11.6. The Morgan fingerprint density at radius 3 is 2.61 bits per heavy atom. The van der Waals surface area contributed by atoms with E-state index in [1.807, 2.05) is 36.4 Å². The molecule has 3 rings (SSSR count). The van der Waals surface area contributed by atoms with Crippen molar-refractivity contribution >= 4 is 17.5 Å². The molecule has 138 valence electrons. The van der Waals surface area contributed by atoms with Gasteiger partial charge in [0.15, 0.2) is 0 Å². The summed E-state index contributed by atoms with van der Waals surface area (Å²) >= 11 is 0. The van der Waals surface area contributed by atoms with Gasteiger partial charge in [-0.05, 0) is 35.9 Å². The molecule has 0 aliphatic heterocycles. The minimum Gasteiger partial charge on any atom is -0.337 e. The third-order valence-corrected chi connectivity index (χ3v) is 4.10. The van der Waals surface area contributed by atoms with Gasteiger partial charge in [-0.2, -0.15) is 5.26 Å². The maximum Gasteiger partial charge on any atom is 0.274 e. The molecule has 0 aliphatic carbocycles. The highest BCUT2D eigenvalue weighted by molar-refractivity contribution is 6.04. The van der Waals surface area contributed by atoms with Crippen molar-refractivity contribution in [2.75, 3.05) is 12.4 Å². The Kier molecular flexibility index (Phi) is 5.78. The summed E-state index contributed by atoms with van der Waals surface area (Å²) in [5.41, 5.74) is 2.45. The first-order chi connectivity index (χ1) is 13.6. The lowest BCUT2D eigenvalue weighted by Crippen LogP contribution is -2.26. The first kappa shape index (κ1) is 18.8. The van der Waals surface area contributed by atoms with Gasteiger partial charge in [-0.1, -0.05) is 36.4 Å². The fourth-order valence-corrected chi connectivity index (χ4v) is 2.70. The van der Waals surface area contributed by atoms with Gasteiger partial charge in [-0.3, -0.25) is 14.6 Å². The van der Waals surface area contributed by atoms with Crippen molar-refractivity contribution in [2.45, 2.75) is 6.54 Å². The molecule has 2 amide bonds. The van der Waals surface area contributed by atoms with Crippen molar-refractivity contribution in [3.05, 3.63) is 95.3 Å². The SMILES string of the molecule is CN(Cc1ccccc1)C(=O)c1ccnc(C(=O)Nc2cccc(C#N)c2)c1. The lowest BCUT2D eigenvalue weighted by Gasteiger charge is -2.17. The predicted molar refractivity (Wildman–Crippen MR) is 106 cm³/mol. The Balaban J connectivity index is 1.73. The molecule has 1 heterocycles. The molecule has 0 atom stereocenters. The fraction of sp³-hybridized carbons (Fsp3) is 0.0909. The molecule has 1 N–H and O–H groups in total. The molecule has 0 saturated carbocycles.